The van der Waals surface area contributed by atoms with E-state index in [1.807, 2.05) is 48.5 Å². The van der Waals surface area contributed by atoms with Crippen LogP contribution in [0.3, 0.4) is 0 Å². The number of hydrogen-bond acceptors (Lipinski definition) is 9. The van der Waals surface area contributed by atoms with Crippen molar-refractivity contribution >= 4 is 73.6 Å². The molecule has 5 aromatic carbocycles. The smallest absolute Gasteiger partial charge is 0.272 e. The van der Waals surface area contributed by atoms with E-state index >= 15 is 0 Å². The summed E-state index contributed by atoms with van der Waals surface area (Å²) in [6, 6.07) is 35.9. The molecule has 0 saturated carbocycles. The van der Waals surface area contributed by atoms with Crippen LogP contribution in [0.1, 0.15) is 26.7 Å². The Labute approximate surface area is 300 Å². The Bertz CT molecular complexity index is 2230. The van der Waals surface area contributed by atoms with E-state index in [1.165, 1.54) is 53.4 Å². The molecule has 254 valence electrons. The number of thiazole rings is 1. The number of benzene rings is 5. The third-order valence-electron chi connectivity index (χ3n) is 7.48. The molecule has 6 rings (SSSR count). The average Bonchev–Trinajstić information content (AvgIpc) is 3.56. The van der Waals surface area contributed by atoms with Crippen LogP contribution in [0.15, 0.2) is 138 Å². The highest BCUT2D eigenvalue weighted by molar-refractivity contribution is 8.00. The number of anilines is 2. The lowest BCUT2D eigenvalue weighted by atomic mass is 10.1. The Morgan fingerprint density at radius 3 is 2.22 bits per heavy atom. The first-order chi connectivity index (χ1) is 24.7. The normalized spacial score (nSPS) is 11.7. The number of thioether (sulfide) groups is 1. The Balaban J connectivity index is 1.19. The number of nitro benzene ring substituents is 1. The Morgan fingerprint density at radius 2 is 1.55 bits per heavy atom. The zero-order valence-electron chi connectivity index (χ0n) is 26.9. The number of carbonyl (C=O) groups excluding carboxylic acids is 3. The fourth-order valence-electron chi connectivity index (χ4n) is 4.91. The largest absolute Gasteiger partial charge is 0.497 e. The molecule has 0 aliphatic rings. The number of rotatable bonds is 12. The standard InChI is InChI=1S/C38H29N5O6S2/c1-49-29-18-21-31-33(23-29)51-38(41-31)42-37(46)34(25-8-4-2-5-9-25)50-30-19-14-27(15-20-30)39-36(45)32(40-35(44)26-10-6-3-7-11-26)22-24-12-16-28(17-13-24)43(47)48/h2-23,34H,1H3,(H,39,45)(H,40,44)(H,41,42,46)/b32-22-. The van der Waals surface area contributed by atoms with Crippen molar-refractivity contribution in [2.75, 3.05) is 17.7 Å². The number of nitro groups is 1. The molecule has 1 heterocycles. The van der Waals surface area contributed by atoms with Crippen LogP contribution in [0.2, 0.25) is 0 Å². The van der Waals surface area contributed by atoms with Gasteiger partial charge in [-0.1, -0.05) is 59.9 Å². The van der Waals surface area contributed by atoms with Crippen LogP contribution >= 0.6 is 23.1 Å². The van der Waals surface area contributed by atoms with Crippen LogP contribution < -0.4 is 20.7 Å². The van der Waals surface area contributed by atoms with Crippen molar-refractivity contribution in [3.05, 3.63) is 160 Å². The summed E-state index contributed by atoms with van der Waals surface area (Å²) in [5.41, 5.74) is 2.65. The molecule has 1 aromatic heterocycles. The van der Waals surface area contributed by atoms with E-state index in [0.717, 1.165) is 20.7 Å². The van der Waals surface area contributed by atoms with Gasteiger partial charge < -0.3 is 20.7 Å². The minimum atomic E-state index is -0.613. The second-order valence-corrected chi connectivity index (χ2v) is 13.2. The predicted molar refractivity (Wildman–Crippen MR) is 200 cm³/mol. The number of fused-ring (bicyclic) bond motifs is 1. The summed E-state index contributed by atoms with van der Waals surface area (Å²) in [6.07, 6.45) is 1.44. The van der Waals surface area contributed by atoms with Crippen molar-refractivity contribution < 1.29 is 24.0 Å². The molecule has 51 heavy (non-hydrogen) atoms. The highest BCUT2D eigenvalue weighted by Gasteiger charge is 2.24. The lowest BCUT2D eigenvalue weighted by molar-refractivity contribution is -0.384. The Kier molecular flexibility index (Phi) is 10.8. The Morgan fingerprint density at radius 1 is 0.863 bits per heavy atom. The van der Waals surface area contributed by atoms with E-state index in [0.29, 0.717) is 27.7 Å². The number of carbonyl (C=O) groups is 3. The van der Waals surface area contributed by atoms with Crippen molar-refractivity contribution in [1.82, 2.24) is 10.3 Å². The van der Waals surface area contributed by atoms with Gasteiger partial charge in [-0.2, -0.15) is 0 Å². The van der Waals surface area contributed by atoms with Crippen LogP contribution in [-0.2, 0) is 9.59 Å². The lowest BCUT2D eigenvalue weighted by Crippen LogP contribution is -2.30. The molecule has 3 amide bonds. The summed E-state index contributed by atoms with van der Waals surface area (Å²) < 4.78 is 6.19. The summed E-state index contributed by atoms with van der Waals surface area (Å²) >= 11 is 2.70. The predicted octanol–water partition coefficient (Wildman–Crippen LogP) is 8.09. The van der Waals surface area contributed by atoms with Gasteiger partial charge in [-0.3, -0.25) is 24.5 Å². The molecule has 6 aromatic rings. The van der Waals surface area contributed by atoms with Crippen molar-refractivity contribution in [2.24, 2.45) is 0 Å². The molecule has 0 radical (unpaired) electrons. The molecule has 1 unspecified atom stereocenters. The quantitative estimate of drug-likeness (QED) is 0.0498. The Hall–Kier alpha value is -6.31. The maximum atomic E-state index is 13.7. The second-order valence-electron chi connectivity index (χ2n) is 11.0. The molecular weight excluding hydrogens is 687 g/mol. The monoisotopic (exact) mass is 715 g/mol. The first-order valence-corrected chi connectivity index (χ1v) is 17.2. The van der Waals surface area contributed by atoms with Crippen LogP contribution in [0.25, 0.3) is 16.3 Å². The third kappa shape index (κ3) is 8.84. The number of nitrogens with one attached hydrogen (secondary N) is 3. The van der Waals surface area contributed by atoms with Crippen LogP contribution in [-0.4, -0.2) is 34.7 Å². The maximum absolute atomic E-state index is 13.7. The number of ether oxygens (including phenoxy) is 1. The molecule has 1 atom stereocenters. The molecule has 13 heteroatoms. The van der Waals surface area contributed by atoms with Crippen LogP contribution in [0.5, 0.6) is 5.75 Å². The van der Waals surface area contributed by atoms with E-state index in [2.05, 4.69) is 20.9 Å². The summed E-state index contributed by atoms with van der Waals surface area (Å²) in [6.45, 7) is 0. The van der Waals surface area contributed by atoms with Gasteiger partial charge >= 0.3 is 0 Å². The highest BCUT2D eigenvalue weighted by atomic mass is 32.2. The topological polar surface area (TPSA) is 153 Å². The SMILES string of the molecule is COc1ccc2nc(NC(=O)C(Sc3ccc(NC(=O)/C(=C/c4ccc([N+](=O)[O-])cc4)NC(=O)c4ccccc4)cc3)c3ccccc3)sc2c1. The molecule has 0 spiro atoms. The van der Waals surface area contributed by atoms with Crippen LogP contribution in [0.4, 0.5) is 16.5 Å². The number of methoxy groups -OCH3 is 1. The van der Waals surface area contributed by atoms with E-state index < -0.39 is 22.0 Å². The minimum Gasteiger partial charge on any atom is -0.497 e. The number of hydrogen-bond donors (Lipinski definition) is 3. The van der Waals surface area contributed by atoms with Gasteiger partial charge in [0.1, 0.15) is 16.7 Å². The number of nitrogens with zero attached hydrogens (tertiary/aromatic N) is 2. The molecule has 0 aliphatic carbocycles. The van der Waals surface area contributed by atoms with Gasteiger partial charge in [-0.05, 0) is 83.9 Å². The van der Waals surface area contributed by atoms with Crippen molar-refractivity contribution in [2.45, 2.75) is 10.1 Å². The zero-order valence-corrected chi connectivity index (χ0v) is 28.6. The summed E-state index contributed by atoms with van der Waals surface area (Å²) in [5, 5.41) is 19.4. The second kappa shape index (κ2) is 15.9. The molecule has 3 N–H and O–H groups in total. The summed E-state index contributed by atoms with van der Waals surface area (Å²) in [7, 11) is 1.60. The molecular formula is C38H29N5O6S2. The molecule has 0 saturated heterocycles. The highest BCUT2D eigenvalue weighted by Crippen LogP contribution is 2.38. The third-order valence-corrected chi connectivity index (χ3v) is 9.68. The van der Waals surface area contributed by atoms with Gasteiger partial charge in [0.05, 0.1) is 22.2 Å². The fraction of sp³-hybridized carbons (Fsp3) is 0.0526. The van der Waals surface area contributed by atoms with E-state index in [1.54, 1.807) is 61.7 Å². The minimum absolute atomic E-state index is 0.0646. The van der Waals surface area contributed by atoms with E-state index in [-0.39, 0.29) is 17.3 Å². The fourth-order valence-corrected chi connectivity index (χ4v) is 6.83. The molecule has 0 aliphatic heterocycles. The first kappa shape index (κ1) is 34.5. The molecule has 0 bridgehead atoms. The first-order valence-electron chi connectivity index (χ1n) is 15.5. The summed E-state index contributed by atoms with van der Waals surface area (Å²) in [5.74, 6) is -0.644. The lowest BCUT2D eigenvalue weighted by Gasteiger charge is -2.16. The summed E-state index contributed by atoms with van der Waals surface area (Å²) in [4.78, 5) is 56.1. The van der Waals surface area contributed by atoms with Gasteiger partial charge in [0, 0.05) is 28.3 Å². The van der Waals surface area contributed by atoms with Gasteiger partial charge in [-0.15, -0.1) is 11.8 Å². The number of aromatic nitrogens is 1. The average molecular weight is 716 g/mol. The van der Waals surface area contributed by atoms with Crippen molar-refractivity contribution in [3.8, 4) is 5.75 Å². The van der Waals surface area contributed by atoms with E-state index in [4.69, 9.17) is 4.74 Å². The number of non-ortho nitro benzene ring substituents is 1. The van der Waals surface area contributed by atoms with Crippen molar-refractivity contribution in [3.63, 3.8) is 0 Å². The molecule has 0 fully saturated rings. The van der Waals surface area contributed by atoms with Crippen LogP contribution in [0, 0.1) is 10.1 Å². The maximum Gasteiger partial charge on any atom is 0.272 e. The number of amides is 3. The van der Waals surface area contributed by atoms with E-state index in [9.17, 15) is 24.5 Å². The van der Waals surface area contributed by atoms with Gasteiger partial charge in [0.2, 0.25) is 5.91 Å². The molecule has 11 nitrogen and oxygen atoms in total. The van der Waals surface area contributed by atoms with Crippen molar-refractivity contribution in [1.29, 1.82) is 0 Å². The van der Waals surface area contributed by atoms with Gasteiger partial charge in [0.25, 0.3) is 17.5 Å². The zero-order chi connectivity index (χ0) is 35.7. The van der Waals surface area contributed by atoms with Gasteiger partial charge in [0.15, 0.2) is 5.13 Å². The van der Waals surface area contributed by atoms with Gasteiger partial charge in [-0.25, -0.2) is 4.98 Å².